The van der Waals surface area contributed by atoms with Crippen LogP contribution in [0.25, 0.3) is 0 Å². The van der Waals surface area contributed by atoms with Crippen molar-refractivity contribution in [2.75, 3.05) is 6.61 Å². The van der Waals surface area contributed by atoms with E-state index in [9.17, 15) is 9.90 Å². The number of aromatic nitrogens is 2. The van der Waals surface area contributed by atoms with Gasteiger partial charge in [-0.25, -0.2) is 0 Å². The zero-order valence-corrected chi connectivity index (χ0v) is 9.80. The molecule has 1 aromatic rings. The van der Waals surface area contributed by atoms with Crippen LogP contribution in [0.15, 0.2) is 9.27 Å². The lowest BCUT2D eigenvalue weighted by Crippen LogP contribution is -2.27. The number of H-pyrrole nitrogens is 1. The topological polar surface area (TPSA) is 75.2 Å². The Kier molecular flexibility index (Phi) is 2.56. The van der Waals surface area contributed by atoms with Gasteiger partial charge in [-0.3, -0.25) is 4.79 Å². The highest BCUT2D eigenvalue weighted by molar-refractivity contribution is 9.10. The molecule has 1 saturated heterocycles. The predicted octanol–water partition coefficient (Wildman–Crippen LogP) is 1.26. The first-order valence-corrected chi connectivity index (χ1v) is 5.45. The lowest BCUT2D eigenvalue weighted by molar-refractivity contribution is 0.00861. The van der Waals surface area contributed by atoms with E-state index in [0.29, 0.717) is 12.4 Å². The zero-order valence-electron chi connectivity index (χ0n) is 8.21. The first-order valence-electron chi connectivity index (χ1n) is 4.66. The number of rotatable bonds is 1. The van der Waals surface area contributed by atoms with Crippen molar-refractivity contribution in [2.45, 2.75) is 25.4 Å². The molecule has 2 N–H and O–H groups in total. The summed E-state index contributed by atoms with van der Waals surface area (Å²) in [5, 5.41) is 9.42. The Bertz CT molecular complexity index is 437. The van der Waals surface area contributed by atoms with Crippen LogP contribution in [0, 0.1) is 0 Å². The normalized spacial score (nSPS) is 25.7. The standard InChI is InChI=1S/C9H11BrN2O3/c1-9(3-2-4-15-9)8-11-6(13)5(10)7(14)12-8/h2-4H2,1H3,(H2,11,12,13,14). The van der Waals surface area contributed by atoms with Crippen LogP contribution in [0.4, 0.5) is 0 Å². The van der Waals surface area contributed by atoms with E-state index in [1.165, 1.54) is 0 Å². The van der Waals surface area contributed by atoms with Crippen LogP contribution in [-0.4, -0.2) is 21.7 Å². The Balaban J connectivity index is 2.50. The van der Waals surface area contributed by atoms with Gasteiger partial charge in [-0.2, -0.15) is 4.98 Å². The van der Waals surface area contributed by atoms with Crippen LogP contribution in [0.5, 0.6) is 5.88 Å². The molecule has 6 heteroatoms. The zero-order chi connectivity index (χ0) is 11.1. The van der Waals surface area contributed by atoms with E-state index >= 15 is 0 Å². The Morgan fingerprint density at radius 3 is 2.93 bits per heavy atom. The van der Waals surface area contributed by atoms with Crippen molar-refractivity contribution < 1.29 is 9.84 Å². The molecule has 0 amide bonds. The Morgan fingerprint density at radius 1 is 1.67 bits per heavy atom. The van der Waals surface area contributed by atoms with Gasteiger partial charge in [-0.15, -0.1) is 0 Å². The van der Waals surface area contributed by atoms with Gasteiger partial charge in [-0.1, -0.05) is 0 Å². The summed E-state index contributed by atoms with van der Waals surface area (Å²) in [5.74, 6) is 0.0798. The number of hydrogen-bond acceptors (Lipinski definition) is 4. The Labute approximate surface area is 94.6 Å². The molecule has 1 atom stereocenters. The molecular weight excluding hydrogens is 264 g/mol. The summed E-state index contributed by atoms with van der Waals surface area (Å²) in [7, 11) is 0. The number of aromatic amines is 1. The summed E-state index contributed by atoms with van der Waals surface area (Å²) in [6.07, 6.45) is 1.72. The van der Waals surface area contributed by atoms with E-state index < -0.39 is 11.2 Å². The largest absolute Gasteiger partial charge is 0.492 e. The SMILES string of the molecule is CC1(c2nc(O)c(Br)c(=O)[nH]2)CCCO1. The molecule has 0 bridgehead atoms. The fourth-order valence-corrected chi connectivity index (χ4v) is 1.85. The summed E-state index contributed by atoms with van der Waals surface area (Å²) < 4.78 is 5.57. The maximum absolute atomic E-state index is 11.4. The van der Waals surface area contributed by atoms with E-state index in [1.807, 2.05) is 6.92 Å². The fraction of sp³-hybridized carbons (Fsp3) is 0.556. The molecule has 2 heterocycles. The van der Waals surface area contributed by atoms with Crippen LogP contribution < -0.4 is 5.56 Å². The number of ether oxygens (including phenoxy) is 1. The van der Waals surface area contributed by atoms with Gasteiger partial charge < -0.3 is 14.8 Å². The van der Waals surface area contributed by atoms with Crippen LogP contribution in [-0.2, 0) is 10.3 Å². The van der Waals surface area contributed by atoms with Gasteiger partial charge >= 0.3 is 0 Å². The molecule has 5 nitrogen and oxygen atoms in total. The average molecular weight is 275 g/mol. The van der Waals surface area contributed by atoms with Gasteiger partial charge in [0.15, 0.2) is 0 Å². The minimum absolute atomic E-state index is 0.0489. The maximum atomic E-state index is 11.4. The predicted molar refractivity (Wildman–Crippen MR) is 56.8 cm³/mol. The molecule has 0 aromatic carbocycles. The molecular formula is C9H11BrN2O3. The molecule has 1 aromatic heterocycles. The first kappa shape index (κ1) is 10.6. The number of nitrogens with one attached hydrogen (secondary N) is 1. The lowest BCUT2D eigenvalue weighted by atomic mass is 10.0. The van der Waals surface area contributed by atoms with Crippen LogP contribution in [0.3, 0.4) is 0 Å². The molecule has 1 fully saturated rings. The summed E-state index contributed by atoms with van der Waals surface area (Å²) in [6.45, 7) is 2.50. The van der Waals surface area contributed by atoms with E-state index in [0.717, 1.165) is 12.8 Å². The second kappa shape index (κ2) is 3.61. The third kappa shape index (κ3) is 1.79. The third-order valence-electron chi connectivity index (χ3n) is 2.57. The van der Waals surface area contributed by atoms with Gasteiger partial charge in [0, 0.05) is 6.61 Å². The molecule has 82 valence electrons. The van der Waals surface area contributed by atoms with Gasteiger partial charge in [0.25, 0.3) is 5.56 Å². The Morgan fingerprint density at radius 2 is 2.40 bits per heavy atom. The summed E-state index contributed by atoms with van der Waals surface area (Å²) in [6, 6.07) is 0. The first-order chi connectivity index (χ1) is 7.03. The van der Waals surface area contributed by atoms with E-state index in [2.05, 4.69) is 25.9 Å². The maximum Gasteiger partial charge on any atom is 0.269 e. The minimum Gasteiger partial charge on any atom is -0.492 e. The van der Waals surface area contributed by atoms with E-state index in [1.54, 1.807) is 0 Å². The molecule has 1 unspecified atom stereocenters. The van der Waals surface area contributed by atoms with Crippen LogP contribution in [0.1, 0.15) is 25.6 Å². The van der Waals surface area contributed by atoms with E-state index in [-0.39, 0.29) is 10.4 Å². The van der Waals surface area contributed by atoms with Crippen molar-refractivity contribution in [3.8, 4) is 5.88 Å². The third-order valence-corrected chi connectivity index (χ3v) is 3.28. The highest BCUT2D eigenvalue weighted by Gasteiger charge is 2.35. The Hall–Kier alpha value is -0.880. The second-order valence-corrected chi connectivity index (χ2v) is 4.53. The quantitative estimate of drug-likeness (QED) is 0.809. The molecule has 0 spiro atoms. The fourth-order valence-electron chi connectivity index (χ4n) is 1.66. The number of halogens is 1. The van der Waals surface area contributed by atoms with Gasteiger partial charge in [0.05, 0.1) is 0 Å². The average Bonchev–Trinajstić information content (AvgIpc) is 2.62. The molecule has 2 rings (SSSR count). The van der Waals surface area contributed by atoms with Crippen LogP contribution in [0.2, 0.25) is 0 Å². The van der Waals surface area contributed by atoms with Gasteiger partial charge in [0.1, 0.15) is 15.9 Å². The highest BCUT2D eigenvalue weighted by Crippen LogP contribution is 2.33. The van der Waals surface area contributed by atoms with Gasteiger partial charge in [-0.05, 0) is 35.7 Å². The van der Waals surface area contributed by atoms with Crippen molar-refractivity contribution in [2.24, 2.45) is 0 Å². The summed E-state index contributed by atoms with van der Waals surface area (Å²) >= 11 is 2.94. The molecule has 1 aliphatic rings. The summed E-state index contributed by atoms with van der Waals surface area (Å²) in [5.41, 5.74) is -0.980. The number of nitrogens with zero attached hydrogens (tertiary/aromatic N) is 1. The van der Waals surface area contributed by atoms with Crippen molar-refractivity contribution in [1.29, 1.82) is 0 Å². The monoisotopic (exact) mass is 274 g/mol. The molecule has 0 aliphatic carbocycles. The van der Waals surface area contributed by atoms with Crippen molar-refractivity contribution in [1.82, 2.24) is 9.97 Å². The smallest absolute Gasteiger partial charge is 0.269 e. The van der Waals surface area contributed by atoms with Gasteiger partial charge in [0.2, 0.25) is 5.88 Å². The van der Waals surface area contributed by atoms with Crippen LogP contribution >= 0.6 is 15.9 Å². The molecule has 0 radical (unpaired) electrons. The molecule has 0 saturated carbocycles. The highest BCUT2D eigenvalue weighted by atomic mass is 79.9. The number of aromatic hydroxyl groups is 1. The second-order valence-electron chi connectivity index (χ2n) is 3.73. The molecule has 15 heavy (non-hydrogen) atoms. The lowest BCUT2D eigenvalue weighted by Gasteiger charge is -2.21. The number of hydrogen-bond donors (Lipinski definition) is 2. The molecule has 1 aliphatic heterocycles. The van der Waals surface area contributed by atoms with Crippen molar-refractivity contribution in [3.05, 3.63) is 20.7 Å². The van der Waals surface area contributed by atoms with Crippen molar-refractivity contribution >= 4 is 15.9 Å². The minimum atomic E-state index is -0.586. The van der Waals surface area contributed by atoms with Crippen molar-refractivity contribution in [3.63, 3.8) is 0 Å². The summed E-state index contributed by atoms with van der Waals surface area (Å²) in [4.78, 5) is 17.9. The van der Waals surface area contributed by atoms with E-state index in [4.69, 9.17) is 4.74 Å².